The van der Waals surface area contributed by atoms with E-state index in [2.05, 4.69) is 13.8 Å². The Balaban J connectivity index is 1.87. The lowest BCUT2D eigenvalue weighted by Gasteiger charge is -2.45. The van der Waals surface area contributed by atoms with Crippen molar-refractivity contribution in [3.63, 3.8) is 0 Å². The zero-order valence-electron chi connectivity index (χ0n) is 11.7. The zero-order valence-corrected chi connectivity index (χ0v) is 11.7. The molecule has 3 heteroatoms. The maximum atomic E-state index is 10.4. The van der Waals surface area contributed by atoms with Gasteiger partial charge in [0.1, 0.15) is 0 Å². The molecule has 3 nitrogen and oxygen atoms in total. The lowest BCUT2D eigenvalue weighted by atomic mass is 9.61. The van der Waals surface area contributed by atoms with Gasteiger partial charge in [-0.25, -0.2) is 0 Å². The smallest absolute Gasteiger partial charge is 0.152 e. The Morgan fingerprint density at radius 2 is 1.89 bits per heavy atom. The third kappa shape index (κ3) is 1.47. The van der Waals surface area contributed by atoms with Crippen LogP contribution in [0, 0.1) is 22.7 Å². The minimum absolute atomic E-state index is 0.0575. The van der Waals surface area contributed by atoms with Crippen molar-refractivity contribution < 1.29 is 14.9 Å². The summed E-state index contributed by atoms with van der Waals surface area (Å²) in [6.07, 6.45) is 5.00. The van der Waals surface area contributed by atoms with Crippen molar-refractivity contribution in [2.75, 3.05) is 0 Å². The summed E-state index contributed by atoms with van der Waals surface area (Å²) in [5.41, 5.74) is 0.218. The maximum Gasteiger partial charge on any atom is 0.152 e. The summed E-state index contributed by atoms with van der Waals surface area (Å²) in [4.78, 5) is 0. The highest BCUT2D eigenvalue weighted by molar-refractivity contribution is 5.26. The minimum Gasteiger partial charge on any atom is -0.393 e. The third-order valence-corrected chi connectivity index (χ3v) is 6.32. The van der Waals surface area contributed by atoms with Crippen LogP contribution in [0.5, 0.6) is 0 Å². The number of ether oxygens (including phenoxy) is 1. The van der Waals surface area contributed by atoms with Crippen LogP contribution in [0.15, 0.2) is 0 Å². The molecule has 3 fully saturated rings. The molecule has 3 rings (SSSR count). The van der Waals surface area contributed by atoms with E-state index < -0.39 is 6.29 Å². The molecule has 7 atom stereocenters. The first kappa shape index (κ1) is 12.9. The maximum absolute atomic E-state index is 10.4. The average molecular weight is 254 g/mol. The van der Waals surface area contributed by atoms with Crippen molar-refractivity contribution in [2.45, 2.75) is 71.4 Å². The first-order chi connectivity index (χ1) is 8.41. The number of fused-ring (bicyclic) bond motifs is 3. The Morgan fingerprint density at radius 1 is 1.22 bits per heavy atom. The molecule has 18 heavy (non-hydrogen) atoms. The molecule has 0 aromatic heterocycles. The molecule has 0 spiro atoms. The number of aliphatic hydroxyl groups excluding tert-OH is 2. The van der Waals surface area contributed by atoms with Gasteiger partial charge in [0.2, 0.25) is 0 Å². The van der Waals surface area contributed by atoms with Crippen LogP contribution in [0.25, 0.3) is 0 Å². The van der Waals surface area contributed by atoms with Crippen molar-refractivity contribution >= 4 is 0 Å². The fraction of sp³-hybridized carbons (Fsp3) is 1.00. The summed E-state index contributed by atoms with van der Waals surface area (Å²) in [6.45, 7) is 6.23. The molecule has 3 aliphatic carbocycles. The van der Waals surface area contributed by atoms with Crippen molar-refractivity contribution in [1.82, 2.24) is 0 Å². The van der Waals surface area contributed by atoms with Gasteiger partial charge < -0.3 is 14.9 Å². The summed E-state index contributed by atoms with van der Waals surface area (Å²) >= 11 is 0. The van der Waals surface area contributed by atoms with Crippen LogP contribution >= 0.6 is 0 Å². The van der Waals surface area contributed by atoms with Crippen LogP contribution < -0.4 is 0 Å². The Hall–Kier alpha value is -0.120. The monoisotopic (exact) mass is 254 g/mol. The van der Waals surface area contributed by atoms with E-state index in [9.17, 15) is 10.2 Å². The van der Waals surface area contributed by atoms with Crippen LogP contribution in [0.2, 0.25) is 0 Å². The van der Waals surface area contributed by atoms with Gasteiger partial charge in [-0.1, -0.05) is 26.7 Å². The van der Waals surface area contributed by atoms with Gasteiger partial charge in [-0.3, -0.25) is 0 Å². The Kier molecular flexibility index (Phi) is 2.82. The molecule has 104 valence electrons. The second-order valence-corrected chi connectivity index (χ2v) is 7.14. The van der Waals surface area contributed by atoms with E-state index in [1.807, 2.05) is 0 Å². The summed E-state index contributed by atoms with van der Waals surface area (Å²) in [5, 5.41) is 19.9. The largest absolute Gasteiger partial charge is 0.393 e. The van der Waals surface area contributed by atoms with Crippen LogP contribution in [0.3, 0.4) is 0 Å². The molecule has 0 amide bonds. The van der Waals surface area contributed by atoms with E-state index in [-0.39, 0.29) is 23.0 Å². The average Bonchev–Trinajstić information content (AvgIpc) is 2.78. The molecule has 3 aliphatic rings. The lowest BCUT2D eigenvalue weighted by Crippen LogP contribution is -2.42. The molecule has 0 saturated heterocycles. The molecule has 0 heterocycles. The van der Waals surface area contributed by atoms with E-state index in [0.717, 1.165) is 6.42 Å². The van der Waals surface area contributed by atoms with Gasteiger partial charge in [-0.05, 0) is 38.0 Å². The van der Waals surface area contributed by atoms with Crippen molar-refractivity contribution in [1.29, 1.82) is 0 Å². The molecular weight excluding hydrogens is 228 g/mol. The Bertz CT molecular complexity index is 343. The molecule has 7 unspecified atom stereocenters. The fourth-order valence-electron chi connectivity index (χ4n) is 5.24. The van der Waals surface area contributed by atoms with Gasteiger partial charge in [0.25, 0.3) is 0 Å². The molecule has 0 radical (unpaired) electrons. The number of hydrogen-bond acceptors (Lipinski definition) is 3. The Labute approximate surface area is 110 Å². The minimum atomic E-state index is -0.701. The van der Waals surface area contributed by atoms with E-state index in [0.29, 0.717) is 11.8 Å². The van der Waals surface area contributed by atoms with E-state index in [4.69, 9.17) is 4.74 Å². The molecule has 0 aliphatic heterocycles. The normalized spacial score (nSPS) is 56.5. The number of aliphatic hydroxyl groups is 2. The second kappa shape index (κ2) is 3.94. The highest BCUT2D eigenvalue weighted by Crippen LogP contribution is 2.76. The number of rotatable bonds is 2. The van der Waals surface area contributed by atoms with Crippen LogP contribution in [0.1, 0.15) is 52.9 Å². The lowest BCUT2D eigenvalue weighted by molar-refractivity contribution is -0.112. The van der Waals surface area contributed by atoms with E-state index in [1.54, 1.807) is 6.92 Å². The fourth-order valence-corrected chi connectivity index (χ4v) is 5.24. The molecule has 0 aromatic rings. The predicted octanol–water partition coefficient (Wildman–Crippen LogP) is 2.31. The Morgan fingerprint density at radius 3 is 2.56 bits per heavy atom. The van der Waals surface area contributed by atoms with Gasteiger partial charge in [-0.2, -0.15) is 0 Å². The van der Waals surface area contributed by atoms with E-state index in [1.165, 1.54) is 25.7 Å². The molecule has 0 bridgehead atoms. The van der Waals surface area contributed by atoms with Crippen molar-refractivity contribution in [2.24, 2.45) is 22.7 Å². The first-order valence-electron chi connectivity index (χ1n) is 7.43. The molecule has 3 saturated carbocycles. The molecule has 2 N–H and O–H groups in total. The van der Waals surface area contributed by atoms with Gasteiger partial charge in [0.15, 0.2) is 6.29 Å². The summed E-state index contributed by atoms with van der Waals surface area (Å²) in [6, 6.07) is 0. The summed E-state index contributed by atoms with van der Waals surface area (Å²) < 4.78 is 5.76. The van der Waals surface area contributed by atoms with Gasteiger partial charge in [0.05, 0.1) is 12.2 Å². The van der Waals surface area contributed by atoms with Crippen LogP contribution in [-0.2, 0) is 4.74 Å². The quantitative estimate of drug-likeness (QED) is 0.743. The predicted molar refractivity (Wildman–Crippen MR) is 68.8 cm³/mol. The zero-order chi connectivity index (χ0) is 13.1. The van der Waals surface area contributed by atoms with Crippen LogP contribution in [0.4, 0.5) is 0 Å². The summed E-state index contributed by atoms with van der Waals surface area (Å²) in [5.74, 6) is 1.03. The first-order valence-corrected chi connectivity index (χ1v) is 7.43. The van der Waals surface area contributed by atoms with Crippen LogP contribution in [-0.4, -0.2) is 28.7 Å². The van der Waals surface area contributed by atoms with E-state index >= 15 is 0 Å². The summed E-state index contributed by atoms with van der Waals surface area (Å²) in [7, 11) is 0. The molecular formula is C15H26O3. The SMILES string of the molecule is CC(O)OC1C2(C)CC(O)C3CCCCC3C12C. The van der Waals surface area contributed by atoms with Gasteiger partial charge in [-0.15, -0.1) is 0 Å². The third-order valence-electron chi connectivity index (χ3n) is 6.32. The van der Waals surface area contributed by atoms with Gasteiger partial charge in [0, 0.05) is 10.8 Å². The topological polar surface area (TPSA) is 49.7 Å². The van der Waals surface area contributed by atoms with Crippen molar-refractivity contribution in [3.8, 4) is 0 Å². The van der Waals surface area contributed by atoms with Crippen molar-refractivity contribution in [3.05, 3.63) is 0 Å². The molecule has 0 aromatic carbocycles. The highest BCUT2D eigenvalue weighted by Gasteiger charge is 2.78. The number of hydrogen-bond donors (Lipinski definition) is 2. The standard InChI is InChI=1S/C15H26O3/c1-9(16)18-13-14(2)8-12(17)10-6-4-5-7-11(10)15(13,14)3/h9-13,16-17H,4-8H2,1-3H3. The van der Waals surface area contributed by atoms with Gasteiger partial charge >= 0.3 is 0 Å². The second-order valence-electron chi connectivity index (χ2n) is 7.14. The highest BCUT2D eigenvalue weighted by atomic mass is 16.6.